The summed E-state index contributed by atoms with van der Waals surface area (Å²) in [5.41, 5.74) is 0. The van der Waals surface area contributed by atoms with E-state index in [9.17, 15) is 0 Å². The van der Waals surface area contributed by atoms with Gasteiger partial charge in [-0.1, -0.05) is 0 Å². The second-order valence-electron chi connectivity index (χ2n) is 0.408. The normalized spacial score (nSPS) is 7.25. The Bertz CT molecular complexity index is 104. The third kappa shape index (κ3) is 61.6. The van der Waals surface area contributed by atoms with Gasteiger partial charge in [-0.2, -0.15) is 0 Å². The molecule has 0 aliphatic carbocycles. The molecule has 0 atom stereocenters. The van der Waals surface area contributed by atoms with Crippen LogP contribution in [0.15, 0.2) is 0 Å². The first-order valence-electron chi connectivity index (χ1n) is 0.667. The second kappa shape index (κ2) is 10.1. The van der Waals surface area contributed by atoms with Gasteiger partial charge in [0.25, 0.3) is 0 Å². The van der Waals surface area contributed by atoms with Crippen LogP contribution in [0, 0.1) is 0 Å². The van der Waals surface area contributed by atoms with Crippen LogP contribution in [-0.2, 0) is 10.4 Å². The number of hydrogen-bond acceptors (Lipinski definition) is 4. The number of hydrogen-bond donors (Lipinski definition) is 0. The van der Waals surface area contributed by atoms with Gasteiger partial charge in [0.1, 0.15) is 0 Å². The molecule has 36 valence electrons. The van der Waals surface area contributed by atoms with E-state index in [0.717, 1.165) is 0 Å². The first-order chi connectivity index (χ1) is 2.00. The van der Waals surface area contributed by atoms with Crippen molar-refractivity contribution < 1.29 is 79.5 Å². The Balaban J connectivity index is -0.00000000800. The summed E-state index contributed by atoms with van der Waals surface area (Å²) in [6.45, 7) is 0. The Kier molecular flexibility index (Phi) is 28.4. The quantitative estimate of drug-likeness (QED) is 0.213. The van der Waals surface area contributed by atoms with Crippen molar-refractivity contribution >= 4 is 48.1 Å². The predicted octanol–water partition coefficient (Wildman–Crippen LogP) is -7.49. The van der Waals surface area contributed by atoms with Crippen LogP contribution in [0.3, 0.4) is 0 Å². The average molecular weight is 184 g/mol. The van der Waals surface area contributed by atoms with Crippen molar-refractivity contribution in [2.45, 2.75) is 0 Å². The molecule has 0 spiro atoms. The summed E-state index contributed by atoms with van der Waals surface area (Å²) >= 11 is 0. The van der Waals surface area contributed by atoms with Crippen LogP contribution in [-0.4, -0.2) is 55.3 Å². The van der Waals surface area contributed by atoms with Gasteiger partial charge in [-0.3, -0.25) is 8.42 Å². The molecule has 0 aromatic rings. The van der Waals surface area contributed by atoms with Crippen molar-refractivity contribution in [1.82, 2.24) is 0 Å². The Labute approximate surface area is 125 Å². The van der Waals surface area contributed by atoms with E-state index in [4.69, 9.17) is 17.5 Å². The molecule has 0 aliphatic heterocycles. The van der Waals surface area contributed by atoms with Gasteiger partial charge in [0.15, 0.2) is 0 Å². The molecule has 0 bridgehead atoms. The van der Waals surface area contributed by atoms with Crippen molar-refractivity contribution in [1.29, 1.82) is 0 Å². The molecule has 0 saturated carbocycles. The first-order valence-corrected chi connectivity index (χ1v) is 2.00. The number of rotatable bonds is 0. The van der Waals surface area contributed by atoms with E-state index in [2.05, 4.69) is 0 Å². The van der Waals surface area contributed by atoms with E-state index in [1.807, 2.05) is 0 Å². The van der Waals surface area contributed by atoms with Crippen LogP contribution < -0.4 is 59.1 Å². The van der Waals surface area contributed by atoms with Gasteiger partial charge < -0.3 is 12.0 Å². The molecule has 0 radical (unpaired) electrons. The fraction of sp³-hybridized carbons (Fsp3) is 0. The van der Waals surface area contributed by atoms with Crippen molar-refractivity contribution in [3.63, 3.8) is 0 Å². The molecule has 8 heavy (non-hydrogen) atoms. The maximum atomic E-state index is 8.52. The third-order valence-electron chi connectivity index (χ3n) is 0. The predicted molar refractivity (Wildman–Crippen MR) is 18.5 cm³/mol. The SMILES string of the molecule is O=S(=O)([O-])[O-].[Ca+2].[H-].[H-].[Na+].[Na+]. The van der Waals surface area contributed by atoms with Crippen LogP contribution in [0.5, 0.6) is 0 Å². The smallest absolute Gasteiger partial charge is 1.00 e. The molecule has 0 fully saturated rings. The Hall–Kier alpha value is 3.13. The molecule has 0 amide bonds. The molecule has 4 nitrogen and oxygen atoms in total. The van der Waals surface area contributed by atoms with E-state index in [1.165, 1.54) is 0 Å². The van der Waals surface area contributed by atoms with E-state index < -0.39 is 10.4 Å². The minimum atomic E-state index is -5.17. The zero-order valence-corrected chi connectivity index (χ0v) is 11.8. The first kappa shape index (κ1) is 22.5. The summed E-state index contributed by atoms with van der Waals surface area (Å²) in [7, 11) is -5.17. The summed E-state index contributed by atoms with van der Waals surface area (Å²) in [6, 6.07) is 0. The maximum Gasteiger partial charge on any atom is 2.00 e. The minimum Gasteiger partial charge on any atom is -1.00 e. The zero-order chi connectivity index (χ0) is 4.50. The third-order valence-corrected chi connectivity index (χ3v) is 0. The molecule has 0 aliphatic rings. The summed E-state index contributed by atoms with van der Waals surface area (Å²) < 4.78 is 34.1. The van der Waals surface area contributed by atoms with Gasteiger partial charge in [0.2, 0.25) is 0 Å². The standard InChI is InChI=1S/Ca.2Na.H2O4S.2H/c;;;1-5(2,3)4;;/h;;;(H2,1,2,3,4);;/q+2;2*+1;;2*-1/p-2. The Morgan fingerprint density at radius 3 is 1.12 bits per heavy atom. The molecule has 0 heterocycles. The van der Waals surface area contributed by atoms with Gasteiger partial charge in [0.05, 0.1) is 0 Å². The van der Waals surface area contributed by atoms with Crippen LogP contribution in [0.1, 0.15) is 2.85 Å². The molecule has 0 rings (SSSR count). The topological polar surface area (TPSA) is 80.3 Å². The van der Waals surface area contributed by atoms with Crippen LogP contribution in [0.4, 0.5) is 0 Å². The van der Waals surface area contributed by atoms with Gasteiger partial charge in [-0.25, -0.2) is 0 Å². The molecule has 0 aromatic heterocycles. The Morgan fingerprint density at radius 2 is 1.12 bits per heavy atom. The summed E-state index contributed by atoms with van der Waals surface area (Å²) in [5.74, 6) is 0. The van der Waals surface area contributed by atoms with Gasteiger partial charge in [-0.15, -0.1) is 0 Å². The van der Waals surface area contributed by atoms with Crippen LogP contribution in [0.25, 0.3) is 0 Å². The monoisotopic (exact) mass is 184 g/mol. The van der Waals surface area contributed by atoms with E-state index in [-0.39, 0.29) is 99.7 Å². The fourth-order valence-corrected chi connectivity index (χ4v) is 0. The summed E-state index contributed by atoms with van der Waals surface area (Å²) in [4.78, 5) is 0. The summed E-state index contributed by atoms with van der Waals surface area (Å²) in [6.07, 6.45) is 0. The van der Waals surface area contributed by atoms with Crippen molar-refractivity contribution in [3.8, 4) is 0 Å². The van der Waals surface area contributed by atoms with Crippen LogP contribution >= 0.6 is 0 Å². The molecular weight excluding hydrogens is 182 g/mol. The van der Waals surface area contributed by atoms with Crippen LogP contribution in [0.2, 0.25) is 0 Å². The Morgan fingerprint density at radius 1 is 1.12 bits per heavy atom. The maximum absolute atomic E-state index is 8.52. The molecule has 8 heteroatoms. The minimum absolute atomic E-state index is 0. The van der Waals surface area contributed by atoms with Gasteiger partial charge in [-0.05, 0) is 0 Å². The molecule has 0 N–H and O–H groups in total. The van der Waals surface area contributed by atoms with Crippen molar-refractivity contribution in [3.05, 3.63) is 0 Å². The fourth-order valence-electron chi connectivity index (χ4n) is 0. The largest absolute Gasteiger partial charge is 2.00 e. The van der Waals surface area contributed by atoms with Crippen molar-refractivity contribution in [2.75, 3.05) is 0 Å². The second-order valence-corrected chi connectivity index (χ2v) is 1.22. The zero-order valence-electron chi connectivity index (χ0n) is 6.75. The molecule has 0 aromatic carbocycles. The average Bonchev–Trinajstić information content (AvgIpc) is 0.722. The molecule has 0 unspecified atom stereocenters. The van der Waals surface area contributed by atoms with Gasteiger partial charge >= 0.3 is 96.9 Å². The van der Waals surface area contributed by atoms with E-state index in [1.54, 1.807) is 0 Å². The molecule has 0 saturated heterocycles. The molecular formula is H2CaNa2O4S. The van der Waals surface area contributed by atoms with Crippen molar-refractivity contribution in [2.24, 2.45) is 0 Å². The van der Waals surface area contributed by atoms with Gasteiger partial charge in [0, 0.05) is 10.4 Å². The van der Waals surface area contributed by atoms with E-state index in [0.29, 0.717) is 0 Å². The van der Waals surface area contributed by atoms with E-state index >= 15 is 0 Å². The summed E-state index contributed by atoms with van der Waals surface area (Å²) in [5, 5.41) is 0.